The fraction of sp³-hybridized carbons (Fsp3) is 0.455. The number of rotatable bonds is 4. The molecule has 2 aromatic rings. The number of hydrogen-bond donors (Lipinski definition) is 2. The van der Waals surface area contributed by atoms with Crippen LogP contribution in [0.15, 0.2) is 12.4 Å². The molecule has 0 saturated heterocycles. The van der Waals surface area contributed by atoms with Crippen molar-refractivity contribution in [3.8, 4) is 0 Å². The summed E-state index contributed by atoms with van der Waals surface area (Å²) in [6.45, 7) is 4.74. The quantitative estimate of drug-likeness (QED) is 0.644. The lowest BCUT2D eigenvalue weighted by Crippen LogP contribution is -2.31. The van der Waals surface area contributed by atoms with Crippen LogP contribution >= 0.6 is 11.6 Å². The topological polar surface area (TPSA) is 73.7 Å². The zero-order valence-corrected chi connectivity index (χ0v) is 11.4. The van der Waals surface area contributed by atoms with Crippen LogP contribution in [0, 0.1) is 6.92 Å². The van der Waals surface area contributed by atoms with Gasteiger partial charge in [-0.3, -0.25) is 15.2 Å². The van der Waals surface area contributed by atoms with Gasteiger partial charge in [0.2, 0.25) is 0 Å². The van der Waals surface area contributed by atoms with Gasteiger partial charge in [-0.2, -0.15) is 10.2 Å². The Morgan fingerprint density at radius 3 is 2.67 bits per heavy atom. The Balaban J connectivity index is 2.51. The zero-order chi connectivity index (χ0) is 13.3. The normalized spacial score (nSPS) is 12.9. The van der Waals surface area contributed by atoms with Crippen LogP contribution in [-0.4, -0.2) is 19.6 Å². The molecule has 0 aromatic carbocycles. The van der Waals surface area contributed by atoms with E-state index in [2.05, 4.69) is 15.6 Å². The van der Waals surface area contributed by atoms with E-state index in [1.54, 1.807) is 17.1 Å². The van der Waals surface area contributed by atoms with E-state index < -0.39 is 0 Å². The summed E-state index contributed by atoms with van der Waals surface area (Å²) >= 11 is 6.20. The fourth-order valence-corrected chi connectivity index (χ4v) is 2.28. The molecule has 1 unspecified atom stereocenters. The molecule has 0 bridgehead atoms. The minimum Gasteiger partial charge on any atom is -0.273 e. The van der Waals surface area contributed by atoms with E-state index in [9.17, 15) is 0 Å². The molecule has 2 heterocycles. The summed E-state index contributed by atoms with van der Waals surface area (Å²) in [6.07, 6.45) is 3.43. The number of hydrogen-bond acceptors (Lipinski definition) is 4. The predicted molar refractivity (Wildman–Crippen MR) is 70.0 cm³/mol. The third-order valence-electron chi connectivity index (χ3n) is 3.16. The summed E-state index contributed by atoms with van der Waals surface area (Å²) in [5, 5.41) is 9.06. The molecule has 0 fully saturated rings. The molecule has 1 atom stereocenters. The average Bonchev–Trinajstić information content (AvgIpc) is 2.89. The Kier molecular flexibility index (Phi) is 3.70. The molecule has 0 radical (unpaired) electrons. The second-order valence-electron chi connectivity index (χ2n) is 4.10. The van der Waals surface area contributed by atoms with Gasteiger partial charge in [0.1, 0.15) is 0 Å². The van der Waals surface area contributed by atoms with Gasteiger partial charge in [-0.15, -0.1) is 0 Å². The lowest BCUT2D eigenvalue weighted by atomic mass is 10.1. The monoisotopic (exact) mass is 268 g/mol. The van der Waals surface area contributed by atoms with Gasteiger partial charge in [0.25, 0.3) is 0 Å². The van der Waals surface area contributed by atoms with Gasteiger partial charge in [0, 0.05) is 24.8 Å². The Labute approximate surface area is 111 Å². The highest BCUT2D eigenvalue weighted by Crippen LogP contribution is 2.29. The second kappa shape index (κ2) is 5.09. The van der Waals surface area contributed by atoms with Gasteiger partial charge < -0.3 is 0 Å². The van der Waals surface area contributed by atoms with E-state index in [-0.39, 0.29) is 6.04 Å². The van der Waals surface area contributed by atoms with Gasteiger partial charge in [0.15, 0.2) is 0 Å². The van der Waals surface area contributed by atoms with Crippen LogP contribution in [-0.2, 0) is 13.6 Å². The zero-order valence-electron chi connectivity index (χ0n) is 10.7. The first kappa shape index (κ1) is 13.1. The van der Waals surface area contributed by atoms with E-state index in [1.165, 1.54) is 0 Å². The van der Waals surface area contributed by atoms with Crippen molar-refractivity contribution < 1.29 is 0 Å². The van der Waals surface area contributed by atoms with Gasteiger partial charge in [-0.25, -0.2) is 5.43 Å². The largest absolute Gasteiger partial charge is 0.273 e. The summed E-state index contributed by atoms with van der Waals surface area (Å²) < 4.78 is 3.64. The summed E-state index contributed by atoms with van der Waals surface area (Å²) in [6, 6.07) is -0.214. The smallest absolute Gasteiger partial charge is 0.0926 e. The predicted octanol–water partition coefficient (Wildman–Crippen LogP) is 1.15. The molecular formula is C11H17ClN6. The van der Waals surface area contributed by atoms with Gasteiger partial charge in [-0.1, -0.05) is 11.6 Å². The number of aryl methyl sites for hydroxylation is 2. The Morgan fingerprint density at radius 1 is 1.44 bits per heavy atom. The fourth-order valence-electron chi connectivity index (χ4n) is 2.03. The highest BCUT2D eigenvalue weighted by Gasteiger charge is 2.23. The Hall–Kier alpha value is -1.37. The molecular weight excluding hydrogens is 252 g/mol. The highest BCUT2D eigenvalue weighted by atomic mass is 35.5. The first-order chi connectivity index (χ1) is 8.60. The maximum Gasteiger partial charge on any atom is 0.0926 e. The number of nitrogens with zero attached hydrogens (tertiary/aromatic N) is 4. The van der Waals surface area contributed by atoms with E-state index >= 15 is 0 Å². The molecule has 2 aromatic heterocycles. The van der Waals surface area contributed by atoms with E-state index in [0.29, 0.717) is 5.02 Å². The summed E-state index contributed by atoms with van der Waals surface area (Å²) in [7, 11) is 1.89. The van der Waals surface area contributed by atoms with Crippen molar-refractivity contribution in [1.29, 1.82) is 0 Å². The minimum atomic E-state index is -0.214. The number of nitrogens with one attached hydrogen (secondary N) is 1. The van der Waals surface area contributed by atoms with Gasteiger partial charge >= 0.3 is 0 Å². The molecule has 2 rings (SSSR count). The van der Waals surface area contributed by atoms with Crippen molar-refractivity contribution in [2.75, 3.05) is 0 Å². The van der Waals surface area contributed by atoms with Crippen molar-refractivity contribution in [2.24, 2.45) is 12.9 Å². The molecule has 98 valence electrons. The molecule has 0 aliphatic heterocycles. The van der Waals surface area contributed by atoms with Crippen LogP contribution in [0.3, 0.4) is 0 Å². The number of nitrogens with two attached hydrogens (primary N) is 1. The van der Waals surface area contributed by atoms with E-state index in [0.717, 1.165) is 23.5 Å². The van der Waals surface area contributed by atoms with Gasteiger partial charge in [-0.05, 0) is 13.8 Å². The first-order valence-electron chi connectivity index (χ1n) is 5.76. The highest BCUT2D eigenvalue weighted by molar-refractivity contribution is 6.31. The van der Waals surface area contributed by atoms with Crippen LogP contribution < -0.4 is 11.3 Å². The third-order valence-corrected chi connectivity index (χ3v) is 3.45. The average molecular weight is 269 g/mol. The van der Waals surface area contributed by atoms with Crippen molar-refractivity contribution >= 4 is 11.6 Å². The summed E-state index contributed by atoms with van der Waals surface area (Å²) in [5.41, 5.74) is 5.69. The first-order valence-corrected chi connectivity index (χ1v) is 6.13. The van der Waals surface area contributed by atoms with Gasteiger partial charge in [0.05, 0.1) is 29.2 Å². The lowest BCUT2D eigenvalue weighted by Gasteiger charge is -2.17. The number of aromatic nitrogens is 4. The number of halogens is 1. The molecule has 0 aliphatic rings. The summed E-state index contributed by atoms with van der Waals surface area (Å²) in [4.78, 5) is 0. The van der Waals surface area contributed by atoms with Crippen molar-refractivity contribution in [3.63, 3.8) is 0 Å². The second-order valence-corrected chi connectivity index (χ2v) is 4.51. The van der Waals surface area contributed by atoms with Crippen LogP contribution in [0.5, 0.6) is 0 Å². The molecule has 6 nitrogen and oxygen atoms in total. The Morgan fingerprint density at radius 2 is 2.17 bits per heavy atom. The molecule has 0 saturated carbocycles. The van der Waals surface area contributed by atoms with Crippen LogP contribution in [0.1, 0.15) is 29.9 Å². The van der Waals surface area contributed by atoms with Crippen molar-refractivity contribution in [3.05, 3.63) is 34.4 Å². The molecule has 3 N–H and O–H groups in total. The molecule has 7 heteroatoms. The third kappa shape index (κ3) is 2.03. The standard InChI is InChI=1S/C11H17ClN6/c1-4-18-11(9(12)6-15-18)10(16-13)8-5-14-17(3)7(8)2/h5-6,10,16H,4,13H2,1-3H3. The number of hydrazine groups is 1. The molecule has 18 heavy (non-hydrogen) atoms. The Bertz CT molecular complexity index is 544. The van der Waals surface area contributed by atoms with Crippen LogP contribution in [0.2, 0.25) is 5.02 Å². The molecule has 0 aliphatic carbocycles. The molecule has 0 amide bonds. The lowest BCUT2D eigenvalue weighted by molar-refractivity contribution is 0.541. The maximum absolute atomic E-state index is 6.20. The summed E-state index contributed by atoms with van der Waals surface area (Å²) in [5.74, 6) is 5.68. The van der Waals surface area contributed by atoms with Crippen LogP contribution in [0.25, 0.3) is 0 Å². The van der Waals surface area contributed by atoms with Crippen molar-refractivity contribution in [1.82, 2.24) is 25.0 Å². The maximum atomic E-state index is 6.20. The SMILES string of the molecule is CCn1ncc(Cl)c1C(NN)c1cnn(C)c1C. The van der Waals surface area contributed by atoms with E-state index in [1.807, 2.05) is 25.6 Å². The van der Waals surface area contributed by atoms with E-state index in [4.69, 9.17) is 17.4 Å². The van der Waals surface area contributed by atoms with Crippen LogP contribution in [0.4, 0.5) is 0 Å². The molecule has 0 spiro atoms. The minimum absolute atomic E-state index is 0.214. The van der Waals surface area contributed by atoms with Crippen molar-refractivity contribution in [2.45, 2.75) is 26.4 Å².